The lowest BCUT2D eigenvalue weighted by Gasteiger charge is -2.42. The molecule has 120 valence electrons. The number of aromatic nitrogens is 1. The second kappa shape index (κ2) is 5.63. The van der Waals surface area contributed by atoms with Crippen LogP contribution in [-0.2, 0) is 4.74 Å². The number of hydrogen-bond acceptors (Lipinski definition) is 4. The maximum absolute atomic E-state index is 12.9. The van der Waals surface area contributed by atoms with Gasteiger partial charge in [-0.3, -0.25) is 9.78 Å². The van der Waals surface area contributed by atoms with Crippen molar-refractivity contribution in [3.8, 4) is 0 Å². The average molecular weight is 304 g/mol. The molecule has 0 radical (unpaired) electrons. The van der Waals surface area contributed by atoms with Crippen molar-refractivity contribution in [2.24, 2.45) is 0 Å². The first-order valence-corrected chi connectivity index (χ1v) is 7.95. The van der Waals surface area contributed by atoms with Gasteiger partial charge in [-0.1, -0.05) is 0 Å². The van der Waals surface area contributed by atoms with Crippen LogP contribution in [0.3, 0.4) is 0 Å². The van der Waals surface area contributed by atoms with Crippen molar-refractivity contribution in [3.63, 3.8) is 0 Å². The van der Waals surface area contributed by atoms with E-state index in [1.54, 1.807) is 7.11 Å². The molecule has 1 saturated carbocycles. The summed E-state index contributed by atoms with van der Waals surface area (Å²) in [5, 5.41) is 10.0. The number of carbonyl (C=O) groups is 1. The van der Waals surface area contributed by atoms with Crippen molar-refractivity contribution in [2.45, 2.75) is 57.3 Å². The molecule has 22 heavy (non-hydrogen) atoms. The van der Waals surface area contributed by atoms with Gasteiger partial charge in [-0.05, 0) is 51.7 Å². The quantitative estimate of drug-likeness (QED) is 0.905. The molecule has 1 amide bonds. The van der Waals surface area contributed by atoms with Gasteiger partial charge in [-0.15, -0.1) is 0 Å². The summed E-state index contributed by atoms with van der Waals surface area (Å²) in [6.07, 6.45) is 2.66. The standard InChI is InChI=1S/C17H24N2O3/c1-11-8-13(9-12(2)18-11)16(21)19-7-6-17(22-3)5-4-14(20)10-15(17)19/h8-9,14-15,20H,4-7,10H2,1-3H3/t14-,15-,17+/m0/s1. The molecule has 5 heteroatoms. The predicted octanol–water partition coefficient (Wildman–Crippen LogP) is 1.84. The number of ether oxygens (including phenoxy) is 1. The summed E-state index contributed by atoms with van der Waals surface area (Å²) in [6, 6.07) is 3.63. The number of amides is 1. The molecule has 1 aromatic rings. The fourth-order valence-corrected chi connectivity index (χ4v) is 4.04. The van der Waals surface area contributed by atoms with Crippen LogP contribution in [0.5, 0.6) is 0 Å². The average Bonchev–Trinajstić information content (AvgIpc) is 2.85. The number of carbonyl (C=O) groups excluding carboxylic acids is 1. The van der Waals surface area contributed by atoms with Crippen LogP contribution in [0.2, 0.25) is 0 Å². The van der Waals surface area contributed by atoms with Crippen LogP contribution in [0.1, 0.15) is 47.4 Å². The fraction of sp³-hybridized carbons (Fsp3) is 0.647. The molecule has 5 nitrogen and oxygen atoms in total. The maximum Gasteiger partial charge on any atom is 0.254 e. The summed E-state index contributed by atoms with van der Waals surface area (Å²) in [6.45, 7) is 4.49. The molecule has 0 bridgehead atoms. The number of aryl methyl sites for hydroxylation is 2. The van der Waals surface area contributed by atoms with E-state index in [0.717, 1.165) is 30.7 Å². The summed E-state index contributed by atoms with van der Waals surface area (Å²) in [7, 11) is 1.72. The van der Waals surface area contributed by atoms with Gasteiger partial charge in [0.1, 0.15) is 0 Å². The summed E-state index contributed by atoms with van der Waals surface area (Å²) < 4.78 is 5.80. The molecule has 0 aromatic carbocycles. The summed E-state index contributed by atoms with van der Waals surface area (Å²) in [4.78, 5) is 19.2. The monoisotopic (exact) mass is 304 g/mol. The highest BCUT2D eigenvalue weighted by Gasteiger charge is 2.52. The molecule has 1 aliphatic carbocycles. The molecular formula is C17H24N2O3. The lowest BCUT2D eigenvalue weighted by Crippen LogP contribution is -2.52. The number of fused-ring (bicyclic) bond motifs is 1. The molecule has 2 fully saturated rings. The molecule has 3 rings (SSSR count). The van der Waals surface area contributed by atoms with Gasteiger partial charge < -0.3 is 14.7 Å². The Hall–Kier alpha value is -1.46. The van der Waals surface area contributed by atoms with Crippen LogP contribution in [0.25, 0.3) is 0 Å². The zero-order valence-corrected chi connectivity index (χ0v) is 13.5. The van der Waals surface area contributed by atoms with Gasteiger partial charge in [-0.2, -0.15) is 0 Å². The van der Waals surface area contributed by atoms with Crippen LogP contribution >= 0.6 is 0 Å². The molecular weight excluding hydrogens is 280 g/mol. The zero-order chi connectivity index (χ0) is 15.9. The van der Waals surface area contributed by atoms with E-state index in [0.29, 0.717) is 18.5 Å². The molecule has 0 unspecified atom stereocenters. The number of pyridine rings is 1. The van der Waals surface area contributed by atoms with E-state index in [1.807, 2.05) is 30.9 Å². The highest BCUT2D eigenvalue weighted by Crippen LogP contribution is 2.42. The number of aliphatic hydroxyl groups is 1. The van der Waals surface area contributed by atoms with Crippen molar-refractivity contribution in [1.29, 1.82) is 0 Å². The molecule has 1 aliphatic heterocycles. The third kappa shape index (κ3) is 2.52. The molecule has 2 heterocycles. The Kier molecular flexibility index (Phi) is 3.95. The summed E-state index contributed by atoms with van der Waals surface area (Å²) in [5.41, 5.74) is 2.09. The Labute approximate surface area is 131 Å². The van der Waals surface area contributed by atoms with E-state index in [2.05, 4.69) is 4.98 Å². The Bertz CT molecular complexity index is 569. The van der Waals surface area contributed by atoms with Gasteiger partial charge in [0.15, 0.2) is 0 Å². The van der Waals surface area contributed by atoms with Gasteiger partial charge in [0.05, 0.1) is 17.7 Å². The third-order valence-corrected chi connectivity index (χ3v) is 5.15. The van der Waals surface area contributed by atoms with E-state index in [1.165, 1.54) is 0 Å². The first-order chi connectivity index (χ1) is 10.4. The second-order valence-electron chi connectivity index (χ2n) is 6.60. The van der Waals surface area contributed by atoms with Crippen LogP contribution in [-0.4, -0.2) is 52.3 Å². The van der Waals surface area contributed by atoms with Gasteiger partial charge in [-0.25, -0.2) is 0 Å². The normalized spacial score (nSPS) is 31.2. The highest BCUT2D eigenvalue weighted by atomic mass is 16.5. The van der Waals surface area contributed by atoms with Crippen LogP contribution in [0, 0.1) is 13.8 Å². The lowest BCUT2D eigenvalue weighted by atomic mass is 9.79. The number of nitrogens with zero attached hydrogens (tertiary/aromatic N) is 2. The van der Waals surface area contributed by atoms with Crippen LogP contribution in [0.15, 0.2) is 12.1 Å². The minimum atomic E-state index is -0.345. The highest BCUT2D eigenvalue weighted by molar-refractivity contribution is 5.95. The number of aliphatic hydroxyl groups excluding tert-OH is 1. The Balaban J connectivity index is 1.89. The van der Waals surface area contributed by atoms with Crippen molar-refractivity contribution in [3.05, 3.63) is 29.1 Å². The van der Waals surface area contributed by atoms with Crippen molar-refractivity contribution in [2.75, 3.05) is 13.7 Å². The Morgan fingerprint density at radius 1 is 1.36 bits per heavy atom. The minimum Gasteiger partial charge on any atom is -0.393 e. The summed E-state index contributed by atoms with van der Waals surface area (Å²) in [5.74, 6) is 0.0200. The first-order valence-electron chi connectivity index (χ1n) is 7.95. The van der Waals surface area contributed by atoms with Crippen molar-refractivity contribution in [1.82, 2.24) is 9.88 Å². The van der Waals surface area contributed by atoms with E-state index < -0.39 is 0 Å². The molecule has 1 N–H and O–H groups in total. The molecule has 1 saturated heterocycles. The summed E-state index contributed by atoms with van der Waals surface area (Å²) >= 11 is 0. The van der Waals surface area contributed by atoms with E-state index >= 15 is 0 Å². The predicted molar refractivity (Wildman–Crippen MR) is 82.8 cm³/mol. The third-order valence-electron chi connectivity index (χ3n) is 5.15. The molecule has 0 spiro atoms. The molecule has 1 aromatic heterocycles. The van der Waals surface area contributed by atoms with Gasteiger partial charge in [0, 0.05) is 30.6 Å². The van der Waals surface area contributed by atoms with Crippen LogP contribution in [0.4, 0.5) is 0 Å². The van der Waals surface area contributed by atoms with E-state index in [9.17, 15) is 9.90 Å². The van der Waals surface area contributed by atoms with Crippen LogP contribution < -0.4 is 0 Å². The fourth-order valence-electron chi connectivity index (χ4n) is 4.04. The number of likely N-dealkylation sites (tertiary alicyclic amines) is 1. The van der Waals surface area contributed by atoms with Gasteiger partial charge in [0.2, 0.25) is 0 Å². The Morgan fingerprint density at radius 3 is 2.68 bits per heavy atom. The van der Waals surface area contributed by atoms with Crippen molar-refractivity contribution >= 4 is 5.91 Å². The van der Waals surface area contributed by atoms with E-state index in [-0.39, 0.29) is 23.7 Å². The SMILES string of the molecule is CO[C@@]12CC[C@H](O)C[C@@H]1N(C(=O)c1cc(C)nc(C)c1)CC2. The first kappa shape index (κ1) is 15.4. The Morgan fingerprint density at radius 2 is 2.05 bits per heavy atom. The smallest absolute Gasteiger partial charge is 0.254 e. The minimum absolute atomic E-state index is 0.0200. The number of rotatable bonds is 2. The topological polar surface area (TPSA) is 62.7 Å². The van der Waals surface area contributed by atoms with Gasteiger partial charge >= 0.3 is 0 Å². The van der Waals surface area contributed by atoms with E-state index in [4.69, 9.17) is 4.74 Å². The van der Waals surface area contributed by atoms with Gasteiger partial charge in [0.25, 0.3) is 5.91 Å². The molecule has 2 aliphatic rings. The second-order valence-corrected chi connectivity index (χ2v) is 6.60. The number of hydrogen-bond donors (Lipinski definition) is 1. The van der Waals surface area contributed by atoms with Crippen molar-refractivity contribution < 1.29 is 14.6 Å². The zero-order valence-electron chi connectivity index (χ0n) is 13.5. The molecule has 3 atom stereocenters. The maximum atomic E-state index is 12.9. The lowest BCUT2D eigenvalue weighted by molar-refractivity contribution is -0.0824. The number of methoxy groups -OCH3 is 1. The largest absolute Gasteiger partial charge is 0.393 e.